The zero-order valence-corrected chi connectivity index (χ0v) is 9.96. The molecule has 3 heteroatoms. The zero-order chi connectivity index (χ0) is 11.3. The number of aliphatic imine (C=N–C) groups is 1. The summed E-state index contributed by atoms with van der Waals surface area (Å²) in [6, 6.07) is 8.09. The van der Waals surface area contributed by atoms with E-state index in [9.17, 15) is 0 Å². The number of nitrogens with zero attached hydrogens (tertiary/aromatic N) is 1. The van der Waals surface area contributed by atoms with Gasteiger partial charge in [-0.05, 0) is 30.0 Å². The van der Waals surface area contributed by atoms with Gasteiger partial charge in [-0.15, -0.1) is 11.6 Å². The number of halogens is 1. The highest BCUT2D eigenvalue weighted by atomic mass is 35.5. The van der Waals surface area contributed by atoms with Crippen LogP contribution in [-0.4, -0.2) is 11.7 Å². The monoisotopic (exact) mass is 224 g/mol. The summed E-state index contributed by atoms with van der Waals surface area (Å²) in [7, 11) is 0. The van der Waals surface area contributed by atoms with E-state index in [2.05, 4.69) is 31.0 Å². The van der Waals surface area contributed by atoms with Crippen LogP contribution in [0.4, 0.5) is 5.69 Å². The minimum atomic E-state index is 0.272. The molecule has 0 bridgehead atoms. The summed E-state index contributed by atoms with van der Waals surface area (Å²) < 4.78 is 0. The molecule has 0 saturated heterocycles. The van der Waals surface area contributed by atoms with Gasteiger partial charge in [-0.2, -0.15) is 0 Å². The maximum absolute atomic E-state index is 5.57. The van der Waals surface area contributed by atoms with Crippen molar-refractivity contribution in [2.24, 2.45) is 16.6 Å². The lowest BCUT2D eigenvalue weighted by molar-refractivity contribution is 0.647. The Labute approximate surface area is 96.2 Å². The molecule has 0 aliphatic rings. The molecule has 0 radical (unpaired) electrons. The number of alkyl halides is 1. The SMILES string of the molecule is CC(C)Cc1cccc(N=C(N)CCl)c1. The molecule has 0 atom stereocenters. The number of hydrogen-bond donors (Lipinski definition) is 1. The van der Waals surface area contributed by atoms with Crippen LogP contribution in [0.5, 0.6) is 0 Å². The van der Waals surface area contributed by atoms with E-state index in [0.29, 0.717) is 11.8 Å². The van der Waals surface area contributed by atoms with Gasteiger partial charge in [0.1, 0.15) is 5.84 Å². The molecule has 0 amide bonds. The predicted octanol–water partition coefficient (Wildman–Crippen LogP) is 3.11. The van der Waals surface area contributed by atoms with E-state index < -0.39 is 0 Å². The maximum Gasteiger partial charge on any atom is 0.115 e. The molecule has 0 fully saturated rings. The number of hydrogen-bond acceptors (Lipinski definition) is 1. The van der Waals surface area contributed by atoms with Gasteiger partial charge >= 0.3 is 0 Å². The molecule has 2 nitrogen and oxygen atoms in total. The van der Waals surface area contributed by atoms with Gasteiger partial charge in [0.05, 0.1) is 11.6 Å². The Balaban J connectivity index is 2.83. The largest absolute Gasteiger partial charge is 0.386 e. The van der Waals surface area contributed by atoms with Crippen molar-refractivity contribution in [1.82, 2.24) is 0 Å². The Morgan fingerprint density at radius 1 is 1.47 bits per heavy atom. The van der Waals surface area contributed by atoms with E-state index in [0.717, 1.165) is 12.1 Å². The Hall–Kier alpha value is -1.02. The predicted molar refractivity (Wildman–Crippen MR) is 67.0 cm³/mol. The quantitative estimate of drug-likeness (QED) is 0.476. The molecule has 2 N–H and O–H groups in total. The van der Waals surface area contributed by atoms with Gasteiger partial charge in [-0.25, -0.2) is 4.99 Å². The Morgan fingerprint density at radius 2 is 2.20 bits per heavy atom. The lowest BCUT2D eigenvalue weighted by Crippen LogP contribution is -2.12. The van der Waals surface area contributed by atoms with E-state index >= 15 is 0 Å². The summed E-state index contributed by atoms with van der Waals surface area (Å²) >= 11 is 5.57. The van der Waals surface area contributed by atoms with Crippen LogP contribution < -0.4 is 5.73 Å². The Morgan fingerprint density at radius 3 is 2.80 bits per heavy atom. The molecular formula is C12H17ClN2. The summed E-state index contributed by atoms with van der Waals surface area (Å²) in [5.41, 5.74) is 7.74. The lowest BCUT2D eigenvalue weighted by atomic mass is 10.0. The van der Waals surface area contributed by atoms with Crippen LogP contribution in [0, 0.1) is 5.92 Å². The third-order valence-corrected chi connectivity index (χ3v) is 2.24. The number of nitrogens with two attached hydrogens (primary N) is 1. The van der Waals surface area contributed by atoms with E-state index in [1.54, 1.807) is 0 Å². The van der Waals surface area contributed by atoms with Gasteiger partial charge in [0, 0.05) is 0 Å². The normalized spacial score (nSPS) is 12.1. The van der Waals surface area contributed by atoms with Gasteiger partial charge < -0.3 is 5.73 Å². The highest BCUT2D eigenvalue weighted by Crippen LogP contribution is 2.16. The molecule has 0 saturated carbocycles. The average molecular weight is 225 g/mol. The summed E-state index contributed by atoms with van der Waals surface area (Å²) in [5.74, 6) is 1.38. The molecule has 1 rings (SSSR count). The van der Waals surface area contributed by atoms with E-state index in [4.69, 9.17) is 17.3 Å². The fourth-order valence-corrected chi connectivity index (χ4v) is 1.48. The lowest BCUT2D eigenvalue weighted by Gasteiger charge is -2.05. The van der Waals surface area contributed by atoms with Crippen LogP contribution >= 0.6 is 11.6 Å². The van der Waals surface area contributed by atoms with Crippen LogP contribution in [0.15, 0.2) is 29.3 Å². The first-order valence-corrected chi connectivity index (χ1v) is 5.63. The van der Waals surface area contributed by atoms with Crippen molar-refractivity contribution in [3.63, 3.8) is 0 Å². The van der Waals surface area contributed by atoms with E-state index in [1.807, 2.05) is 12.1 Å². The van der Waals surface area contributed by atoms with Crippen molar-refractivity contribution in [3.05, 3.63) is 29.8 Å². The Kier molecular flexibility index (Phi) is 4.63. The van der Waals surface area contributed by atoms with Crippen LogP contribution in [-0.2, 0) is 6.42 Å². The highest BCUT2D eigenvalue weighted by molar-refractivity contribution is 6.28. The maximum atomic E-state index is 5.57. The van der Waals surface area contributed by atoms with Crippen LogP contribution in [0.25, 0.3) is 0 Å². The van der Waals surface area contributed by atoms with Gasteiger partial charge in [0.15, 0.2) is 0 Å². The van der Waals surface area contributed by atoms with Gasteiger partial charge in [-0.1, -0.05) is 26.0 Å². The van der Waals surface area contributed by atoms with Crippen molar-refractivity contribution in [2.45, 2.75) is 20.3 Å². The highest BCUT2D eigenvalue weighted by Gasteiger charge is 1.99. The van der Waals surface area contributed by atoms with Crippen LogP contribution in [0.3, 0.4) is 0 Å². The van der Waals surface area contributed by atoms with Crippen molar-refractivity contribution >= 4 is 23.1 Å². The fraction of sp³-hybridized carbons (Fsp3) is 0.417. The first kappa shape index (κ1) is 12.1. The topological polar surface area (TPSA) is 38.4 Å². The van der Waals surface area contributed by atoms with E-state index in [1.165, 1.54) is 5.56 Å². The zero-order valence-electron chi connectivity index (χ0n) is 9.20. The standard InChI is InChI=1S/C12H17ClN2/c1-9(2)6-10-4-3-5-11(7-10)15-12(14)8-13/h3-5,7,9H,6,8H2,1-2H3,(H2,14,15). The molecule has 0 spiro atoms. The minimum absolute atomic E-state index is 0.272. The molecule has 0 aromatic heterocycles. The fourth-order valence-electron chi connectivity index (χ4n) is 1.42. The summed E-state index contributed by atoms with van der Waals surface area (Å²) in [5, 5.41) is 0. The second-order valence-electron chi connectivity index (χ2n) is 4.00. The number of amidine groups is 1. The molecule has 0 heterocycles. The third kappa shape index (κ3) is 4.34. The summed E-state index contributed by atoms with van der Waals surface area (Å²) in [6.45, 7) is 4.39. The van der Waals surface area contributed by atoms with Crippen molar-refractivity contribution < 1.29 is 0 Å². The second-order valence-corrected chi connectivity index (χ2v) is 4.27. The van der Waals surface area contributed by atoms with Crippen molar-refractivity contribution in [2.75, 3.05) is 5.88 Å². The molecule has 0 aliphatic heterocycles. The number of benzene rings is 1. The third-order valence-electron chi connectivity index (χ3n) is 1.96. The second kappa shape index (κ2) is 5.76. The Bertz CT molecular complexity index is 345. The molecule has 0 unspecified atom stereocenters. The first-order chi connectivity index (χ1) is 7.11. The van der Waals surface area contributed by atoms with Gasteiger partial charge in [0.25, 0.3) is 0 Å². The van der Waals surface area contributed by atoms with E-state index in [-0.39, 0.29) is 5.88 Å². The molecule has 82 valence electrons. The molecule has 1 aromatic rings. The van der Waals surface area contributed by atoms with Crippen molar-refractivity contribution in [1.29, 1.82) is 0 Å². The minimum Gasteiger partial charge on any atom is -0.386 e. The van der Waals surface area contributed by atoms with Gasteiger partial charge in [0.2, 0.25) is 0 Å². The van der Waals surface area contributed by atoms with Crippen molar-refractivity contribution in [3.8, 4) is 0 Å². The first-order valence-electron chi connectivity index (χ1n) is 5.09. The number of rotatable bonds is 4. The average Bonchev–Trinajstić information content (AvgIpc) is 2.17. The summed E-state index contributed by atoms with van der Waals surface area (Å²) in [6.07, 6.45) is 1.06. The molecular weight excluding hydrogens is 208 g/mol. The molecule has 1 aromatic carbocycles. The van der Waals surface area contributed by atoms with Crippen LogP contribution in [0.2, 0.25) is 0 Å². The summed E-state index contributed by atoms with van der Waals surface area (Å²) in [4.78, 5) is 4.21. The van der Waals surface area contributed by atoms with Gasteiger partial charge in [-0.3, -0.25) is 0 Å². The van der Waals surface area contributed by atoms with Crippen LogP contribution in [0.1, 0.15) is 19.4 Å². The smallest absolute Gasteiger partial charge is 0.115 e. The molecule has 0 aliphatic carbocycles. The molecule has 15 heavy (non-hydrogen) atoms.